The second-order valence-corrected chi connectivity index (χ2v) is 4.72. The molecule has 1 aromatic carbocycles. The summed E-state index contributed by atoms with van der Waals surface area (Å²) in [6, 6.07) is 7.82. The fourth-order valence-electron chi connectivity index (χ4n) is 1.64. The molecule has 2 N–H and O–H groups in total. The van der Waals surface area contributed by atoms with Crippen molar-refractivity contribution >= 4 is 15.9 Å². The van der Waals surface area contributed by atoms with Gasteiger partial charge >= 0.3 is 0 Å². The number of rotatable bonds is 5. The molecule has 0 aliphatic carbocycles. The summed E-state index contributed by atoms with van der Waals surface area (Å²) in [6.45, 7) is 0.444. The van der Waals surface area contributed by atoms with Crippen LogP contribution in [0.3, 0.4) is 0 Å². The molecule has 18 heavy (non-hydrogen) atoms. The predicted molar refractivity (Wildman–Crippen MR) is 69.5 cm³/mol. The third kappa shape index (κ3) is 3.19. The first-order chi connectivity index (χ1) is 8.70. The monoisotopic (exact) mass is 313 g/mol. The summed E-state index contributed by atoms with van der Waals surface area (Å²) in [5.41, 5.74) is 0.918. The van der Waals surface area contributed by atoms with E-state index in [9.17, 15) is 9.50 Å². The van der Waals surface area contributed by atoms with E-state index in [0.717, 1.165) is 5.56 Å². The first-order valence-electron chi connectivity index (χ1n) is 5.52. The maximum atomic E-state index is 12.9. The van der Waals surface area contributed by atoms with Gasteiger partial charge in [-0.05, 0) is 29.8 Å². The molecule has 1 aromatic heterocycles. The highest BCUT2D eigenvalue weighted by atomic mass is 79.9. The third-order valence-electron chi connectivity index (χ3n) is 2.62. The van der Waals surface area contributed by atoms with Gasteiger partial charge in [0.25, 0.3) is 0 Å². The minimum absolute atomic E-state index is 0.0632. The smallest absolute Gasteiger partial charge is 0.124 e. The zero-order valence-electron chi connectivity index (χ0n) is 9.57. The summed E-state index contributed by atoms with van der Waals surface area (Å²) in [7, 11) is 0. The number of aliphatic hydroxyl groups is 1. The van der Waals surface area contributed by atoms with Gasteiger partial charge in [0, 0.05) is 11.0 Å². The van der Waals surface area contributed by atoms with Crippen molar-refractivity contribution in [3.8, 4) is 0 Å². The first kappa shape index (κ1) is 13.3. The van der Waals surface area contributed by atoms with E-state index < -0.39 is 0 Å². The third-order valence-corrected chi connectivity index (χ3v) is 3.36. The van der Waals surface area contributed by atoms with Crippen LogP contribution in [0.15, 0.2) is 45.5 Å². The summed E-state index contributed by atoms with van der Waals surface area (Å²) in [5, 5.41) is 12.4. The van der Waals surface area contributed by atoms with Crippen molar-refractivity contribution in [2.75, 3.05) is 6.61 Å². The van der Waals surface area contributed by atoms with Crippen LogP contribution < -0.4 is 5.32 Å². The van der Waals surface area contributed by atoms with Crippen LogP contribution in [-0.2, 0) is 6.54 Å². The Balaban J connectivity index is 2.02. The van der Waals surface area contributed by atoms with E-state index >= 15 is 0 Å². The Bertz CT molecular complexity index is 502. The number of furan rings is 1. The Morgan fingerprint density at radius 3 is 2.83 bits per heavy atom. The van der Waals surface area contributed by atoms with Gasteiger partial charge in [0.2, 0.25) is 0 Å². The number of benzene rings is 1. The van der Waals surface area contributed by atoms with Crippen molar-refractivity contribution in [2.45, 2.75) is 12.6 Å². The molecule has 5 heteroatoms. The summed E-state index contributed by atoms with van der Waals surface area (Å²) in [5.74, 6) is 0.395. The zero-order valence-corrected chi connectivity index (χ0v) is 11.2. The van der Waals surface area contributed by atoms with Gasteiger partial charge in [-0.25, -0.2) is 4.39 Å². The zero-order chi connectivity index (χ0) is 13.0. The summed E-state index contributed by atoms with van der Waals surface area (Å²) >= 11 is 3.30. The van der Waals surface area contributed by atoms with Crippen LogP contribution in [0, 0.1) is 5.82 Å². The average Bonchev–Trinajstić information content (AvgIpc) is 2.86. The molecule has 1 unspecified atom stereocenters. The van der Waals surface area contributed by atoms with Crippen LogP contribution in [-0.4, -0.2) is 11.7 Å². The van der Waals surface area contributed by atoms with Crippen molar-refractivity contribution in [1.82, 2.24) is 5.32 Å². The normalized spacial score (nSPS) is 12.6. The molecule has 1 heterocycles. The van der Waals surface area contributed by atoms with Crippen LogP contribution in [0.1, 0.15) is 17.4 Å². The van der Waals surface area contributed by atoms with Crippen LogP contribution in [0.25, 0.3) is 0 Å². The molecule has 0 saturated carbocycles. The molecule has 0 fully saturated rings. The Kier molecular flexibility index (Phi) is 4.52. The molecule has 2 aromatic rings. The standard InChI is InChI=1S/C13H13BrFNO2/c14-11-6-10(15)4-3-9(11)7-16-12(8-17)13-2-1-5-18-13/h1-6,12,16-17H,7-8H2. The second-order valence-electron chi connectivity index (χ2n) is 3.87. The lowest BCUT2D eigenvalue weighted by Gasteiger charge is -2.14. The summed E-state index contributed by atoms with van der Waals surface area (Å²) in [6.07, 6.45) is 1.56. The highest BCUT2D eigenvalue weighted by molar-refractivity contribution is 9.10. The summed E-state index contributed by atoms with van der Waals surface area (Å²) < 4.78 is 18.9. The Morgan fingerprint density at radius 1 is 1.39 bits per heavy atom. The van der Waals surface area contributed by atoms with Gasteiger partial charge < -0.3 is 14.8 Å². The molecular formula is C13H13BrFNO2. The Morgan fingerprint density at radius 2 is 2.22 bits per heavy atom. The van der Waals surface area contributed by atoms with E-state index in [2.05, 4.69) is 21.2 Å². The molecule has 96 valence electrons. The number of nitrogens with one attached hydrogen (secondary N) is 1. The van der Waals surface area contributed by atoms with Gasteiger partial charge in [0.1, 0.15) is 11.6 Å². The van der Waals surface area contributed by atoms with Gasteiger partial charge in [-0.15, -0.1) is 0 Å². The van der Waals surface area contributed by atoms with Crippen LogP contribution in [0.5, 0.6) is 0 Å². The minimum atomic E-state index is -0.282. The molecule has 0 bridgehead atoms. The van der Waals surface area contributed by atoms with E-state index in [1.165, 1.54) is 12.1 Å². The predicted octanol–water partition coefficient (Wildman–Crippen LogP) is 3.00. The molecular weight excluding hydrogens is 301 g/mol. The SMILES string of the molecule is OCC(NCc1ccc(F)cc1Br)c1ccco1. The number of hydrogen-bond acceptors (Lipinski definition) is 3. The topological polar surface area (TPSA) is 45.4 Å². The quantitative estimate of drug-likeness (QED) is 0.892. The minimum Gasteiger partial charge on any atom is -0.468 e. The van der Waals surface area contributed by atoms with E-state index in [-0.39, 0.29) is 18.5 Å². The van der Waals surface area contributed by atoms with E-state index in [1.54, 1.807) is 24.5 Å². The largest absolute Gasteiger partial charge is 0.468 e. The fourth-order valence-corrected chi connectivity index (χ4v) is 2.13. The van der Waals surface area contributed by atoms with Crippen molar-refractivity contribution < 1.29 is 13.9 Å². The van der Waals surface area contributed by atoms with E-state index in [0.29, 0.717) is 16.8 Å². The highest BCUT2D eigenvalue weighted by Crippen LogP contribution is 2.19. The highest BCUT2D eigenvalue weighted by Gasteiger charge is 2.13. The lowest BCUT2D eigenvalue weighted by molar-refractivity contribution is 0.225. The lowest BCUT2D eigenvalue weighted by Crippen LogP contribution is -2.23. The van der Waals surface area contributed by atoms with E-state index in [4.69, 9.17) is 4.42 Å². The Hall–Kier alpha value is -1.17. The van der Waals surface area contributed by atoms with Crippen molar-refractivity contribution in [1.29, 1.82) is 0 Å². The van der Waals surface area contributed by atoms with Crippen molar-refractivity contribution in [2.24, 2.45) is 0 Å². The number of hydrogen-bond donors (Lipinski definition) is 2. The fraction of sp³-hybridized carbons (Fsp3) is 0.231. The van der Waals surface area contributed by atoms with Crippen LogP contribution in [0.2, 0.25) is 0 Å². The molecule has 0 spiro atoms. The van der Waals surface area contributed by atoms with Gasteiger partial charge in [0.05, 0.1) is 18.9 Å². The van der Waals surface area contributed by atoms with Gasteiger partial charge in [-0.1, -0.05) is 22.0 Å². The summed E-state index contributed by atoms with van der Waals surface area (Å²) in [4.78, 5) is 0. The maximum Gasteiger partial charge on any atom is 0.124 e. The van der Waals surface area contributed by atoms with Crippen molar-refractivity contribution in [3.05, 3.63) is 58.2 Å². The second kappa shape index (κ2) is 6.13. The molecule has 0 aliphatic heterocycles. The number of halogens is 2. The Labute approximate surface area is 113 Å². The molecule has 1 atom stereocenters. The molecule has 0 saturated heterocycles. The van der Waals surface area contributed by atoms with Crippen molar-refractivity contribution in [3.63, 3.8) is 0 Å². The molecule has 0 radical (unpaired) electrons. The molecule has 0 amide bonds. The average molecular weight is 314 g/mol. The maximum absolute atomic E-state index is 12.9. The van der Waals surface area contributed by atoms with Crippen LogP contribution >= 0.6 is 15.9 Å². The molecule has 0 aliphatic rings. The van der Waals surface area contributed by atoms with Gasteiger partial charge in [0.15, 0.2) is 0 Å². The molecule has 3 nitrogen and oxygen atoms in total. The first-order valence-corrected chi connectivity index (χ1v) is 6.31. The molecule has 2 rings (SSSR count). The van der Waals surface area contributed by atoms with E-state index in [1.807, 2.05) is 0 Å². The number of aliphatic hydroxyl groups excluding tert-OH is 1. The lowest BCUT2D eigenvalue weighted by atomic mass is 10.2. The van der Waals surface area contributed by atoms with Gasteiger partial charge in [-0.3, -0.25) is 0 Å². The van der Waals surface area contributed by atoms with Gasteiger partial charge in [-0.2, -0.15) is 0 Å². The van der Waals surface area contributed by atoms with Crippen LogP contribution in [0.4, 0.5) is 4.39 Å².